The van der Waals surface area contributed by atoms with E-state index in [1.54, 1.807) is 18.2 Å². The van der Waals surface area contributed by atoms with E-state index in [-0.39, 0.29) is 16.2 Å². The van der Waals surface area contributed by atoms with Crippen LogP contribution in [0.15, 0.2) is 40.7 Å². The third kappa shape index (κ3) is 5.16. The molecule has 1 aromatic heterocycles. The lowest BCUT2D eigenvalue weighted by atomic mass is 9.93. The number of amides is 2. The molecule has 0 aliphatic rings. The predicted octanol–water partition coefficient (Wildman–Crippen LogP) is 5.45. The van der Waals surface area contributed by atoms with Crippen LogP contribution in [0.5, 0.6) is 5.75 Å². The summed E-state index contributed by atoms with van der Waals surface area (Å²) >= 11 is 0.987. The molecule has 0 spiro atoms. The normalized spacial score (nSPS) is 11.8. The van der Waals surface area contributed by atoms with E-state index in [9.17, 15) is 13.2 Å². The molecule has 0 bridgehead atoms. The molecule has 1 heterocycles. The molecule has 3 aromatic rings. The van der Waals surface area contributed by atoms with Crippen molar-refractivity contribution in [3.8, 4) is 5.75 Å². The third-order valence-corrected chi connectivity index (χ3v) is 7.45. The number of nitrogens with zero attached hydrogens (tertiary/aromatic N) is 1. The quantitative estimate of drug-likeness (QED) is 0.487. The number of ether oxygens (including phenoxy) is 1. The zero-order valence-electron chi connectivity index (χ0n) is 18.2. The number of benzene rings is 2. The van der Waals surface area contributed by atoms with Crippen molar-refractivity contribution in [2.75, 3.05) is 11.9 Å². The number of carbonyl (C=O) groups is 1. The molecule has 3 rings (SSSR count). The summed E-state index contributed by atoms with van der Waals surface area (Å²) in [6, 6.07) is 10.2. The second-order valence-corrected chi connectivity index (χ2v) is 10.6. The molecular formula is C22H27N3O4S2. The van der Waals surface area contributed by atoms with Crippen LogP contribution in [-0.4, -0.2) is 26.0 Å². The van der Waals surface area contributed by atoms with Gasteiger partial charge in [0, 0.05) is 5.69 Å². The number of anilines is 1. The molecule has 0 atom stereocenters. The van der Waals surface area contributed by atoms with Crippen LogP contribution in [0.4, 0.5) is 10.5 Å². The van der Waals surface area contributed by atoms with Gasteiger partial charge in [-0.3, -0.25) is 0 Å². The van der Waals surface area contributed by atoms with Crippen molar-refractivity contribution in [2.24, 2.45) is 0 Å². The number of carbonyl (C=O) groups excluding carboxylic acids is 1. The third-order valence-electron chi connectivity index (χ3n) is 4.72. The Bertz CT molecular complexity index is 1170. The molecule has 2 amide bonds. The van der Waals surface area contributed by atoms with E-state index in [1.807, 2.05) is 52.8 Å². The van der Waals surface area contributed by atoms with Gasteiger partial charge in [0.25, 0.3) is 10.0 Å². The van der Waals surface area contributed by atoms with Gasteiger partial charge in [-0.25, -0.2) is 14.5 Å². The van der Waals surface area contributed by atoms with E-state index in [0.717, 1.165) is 22.5 Å². The van der Waals surface area contributed by atoms with Gasteiger partial charge in [0.1, 0.15) is 5.75 Å². The minimum absolute atomic E-state index is 0.161. The van der Waals surface area contributed by atoms with Crippen molar-refractivity contribution in [2.45, 2.75) is 50.8 Å². The average molecular weight is 462 g/mol. The van der Waals surface area contributed by atoms with Gasteiger partial charge in [0.15, 0.2) is 0 Å². The van der Waals surface area contributed by atoms with E-state index in [2.05, 4.69) is 15.0 Å². The van der Waals surface area contributed by atoms with E-state index in [0.29, 0.717) is 28.3 Å². The number of hydrogen-bond donors (Lipinski definition) is 2. The first-order chi connectivity index (χ1) is 14.6. The number of rotatable bonds is 7. The molecule has 0 fully saturated rings. The number of thiazole rings is 1. The SMILES string of the molecule is CCOc1ccc2nc(S(=O)(=O)NC(=O)Nc3c(C(C)C)cccc3C(C)C)sc2c1. The Morgan fingerprint density at radius 2 is 1.74 bits per heavy atom. The molecule has 31 heavy (non-hydrogen) atoms. The van der Waals surface area contributed by atoms with Crippen LogP contribution in [0, 0.1) is 0 Å². The highest BCUT2D eigenvalue weighted by Crippen LogP contribution is 2.33. The monoisotopic (exact) mass is 461 g/mol. The van der Waals surface area contributed by atoms with Gasteiger partial charge in [0.2, 0.25) is 4.34 Å². The number of sulfonamides is 1. The van der Waals surface area contributed by atoms with Crippen molar-refractivity contribution in [1.82, 2.24) is 9.71 Å². The highest BCUT2D eigenvalue weighted by molar-refractivity contribution is 7.92. The van der Waals surface area contributed by atoms with Gasteiger partial charge >= 0.3 is 6.03 Å². The number of hydrogen-bond acceptors (Lipinski definition) is 6. The molecule has 9 heteroatoms. The lowest BCUT2D eigenvalue weighted by Gasteiger charge is -2.20. The van der Waals surface area contributed by atoms with Gasteiger partial charge in [-0.1, -0.05) is 45.9 Å². The first-order valence-corrected chi connectivity index (χ1v) is 12.4. The minimum atomic E-state index is -4.13. The van der Waals surface area contributed by atoms with Gasteiger partial charge in [-0.2, -0.15) is 8.42 Å². The summed E-state index contributed by atoms with van der Waals surface area (Å²) in [4.78, 5) is 16.8. The maximum atomic E-state index is 12.8. The smallest absolute Gasteiger partial charge is 0.333 e. The number of aromatic nitrogens is 1. The van der Waals surface area contributed by atoms with Crippen molar-refractivity contribution >= 4 is 43.3 Å². The van der Waals surface area contributed by atoms with E-state index >= 15 is 0 Å². The molecule has 0 aliphatic carbocycles. The fourth-order valence-electron chi connectivity index (χ4n) is 3.26. The Morgan fingerprint density at radius 1 is 1.10 bits per heavy atom. The van der Waals surface area contributed by atoms with Gasteiger partial charge in [-0.05, 0) is 48.1 Å². The van der Waals surface area contributed by atoms with E-state index in [1.165, 1.54) is 0 Å². The van der Waals surface area contributed by atoms with Gasteiger partial charge in [0.05, 0.1) is 16.8 Å². The van der Waals surface area contributed by atoms with Gasteiger partial charge in [-0.15, -0.1) is 11.3 Å². The van der Waals surface area contributed by atoms with E-state index < -0.39 is 16.1 Å². The molecule has 166 valence electrons. The zero-order chi connectivity index (χ0) is 22.8. The second-order valence-electron chi connectivity index (χ2n) is 7.72. The second kappa shape index (κ2) is 9.23. The van der Waals surface area contributed by atoms with Crippen LogP contribution < -0.4 is 14.8 Å². The van der Waals surface area contributed by atoms with Crippen molar-refractivity contribution in [1.29, 1.82) is 0 Å². The molecule has 2 N–H and O–H groups in total. The maximum Gasteiger partial charge on any atom is 0.333 e. The molecule has 0 aliphatic heterocycles. The lowest BCUT2D eigenvalue weighted by Crippen LogP contribution is -2.35. The van der Waals surface area contributed by atoms with Crippen LogP contribution in [0.3, 0.4) is 0 Å². The first kappa shape index (κ1) is 23.0. The topological polar surface area (TPSA) is 97.4 Å². The summed E-state index contributed by atoms with van der Waals surface area (Å²) in [6.07, 6.45) is 0. The molecule has 7 nitrogen and oxygen atoms in total. The summed E-state index contributed by atoms with van der Waals surface area (Å²) in [5.41, 5.74) is 3.07. The summed E-state index contributed by atoms with van der Waals surface area (Å²) in [5.74, 6) is 0.962. The molecular weight excluding hydrogens is 434 g/mol. The highest BCUT2D eigenvalue weighted by atomic mass is 32.2. The van der Waals surface area contributed by atoms with Crippen LogP contribution >= 0.6 is 11.3 Å². The van der Waals surface area contributed by atoms with Crippen LogP contribution in [0.2, 0.25) is 0 Å². The molecule has 0 saturated carbocycles. The Balaban J connectivity index is 1.86. The Hall–Kier alpha value is -2.65. The van der Waals surface area contributed by atoms with Crippen LogP contribution in [0.1, 0.15) is 57.6 Å². The fourth-order valence-corrected chi connectivity index (χ4v) is 5.41. The van der Waals surface area contributed by atoms with Crippen molar-refractivity contribution < 1.29 is 17.9 Å². The predicted molar refractivity (Wildman–Crippen MR) is 125 cm³/mol. The lowest BCUT2D eigenvalue weighted by molar-refractivity contribution is 0.256. The first-order valence-electron chi connectivity index (χ1n) is 10.1. The number of para-hydroxylation sites is 1. The minimum Gasteiger partial charge on any atom is -0.494 e. The molecule has 2 aromatic carbocycles. The maximum absolute atomic E-state index is 12.8. The van der Waals surface area contributed by atoms with E-state index in [4.69, 9.17) is 4.74 Å². The highest BCUT2D eigenvalue weighted by Gasteiger charge is 2.24. The Kier molecular flexibility index (Phi) is 6.86. The summed E-state index contributed by atoms with van der Waals surface area (Å²) in [7, 11) is -4.13. The van der Waals surface area contributed by atoms with Crippen LogP contribution in [-0.2, 0) is 10.0 Å². The van der Waals surface area contributed by atoms with Gasteiger partial charge < -0.3 is 10.1 Å². The largest absolute Gasteiger partial charge is 0.494 e. The number of nitrogens with one attached hydrogen (secondary N) is 2. The average Bonchev–Trinajstić information content (AvgIpc) is 3.12. The number of urea groups is 1. The Labute approximate surface area is 186 Å². The van der Waals surface area contributed by atoms with Crippen molar-refractivity contribution in [3.63, 3.8) is 0 Å². The standard InChI is InChI=1S/C22H27N3O4S2/c1-6-29-15-10-11-18-19(12-15)30-22(23-18)31(27,28)25-21(26)24-20-16(13(2)3)8-7-9-17(20)14(4)5/h7-14H,6H2,1-5H3,(H2,24,25,26). The zero-order valence-corrected chi connectivity index (χ0v) is 19.9. The summed E-state index contributed by atoms with van der Waals surface area (Å²) in [5, 5.41) is 2.75. The molecule has 0 saturated heterocycles. The summed E-state index contributed by atoms with van der Waals surface area (Å²) < 4.78 is 33.6. The molecule has 0 radical (unpaired) electrons. The van der Waals surface area contributed by atoms with Crippen LogP contribution in [0.25, 0.3) is 10.2 Å². The fraction of sp³-hybridized carbons (Fsp3) is 0.364. The summed E-state index contributed by atoms with van der Waals surface area (Å²) in [6.45, 7) is 10.5. The van der Waals surface area contributed by atoms with Crippen molar-refractivity contribution in [3.05, 3.63) is 47.5 Å². The molecule has 0 unspecified atom stereocenters. The number of fused-ring (bicyclic) bond motifs is 1. The Morgan fingerprint density at radius 3 is 2.32 bits per heavy atom.